The molecule has 5 heterocycles. The number of pyridine rings is 1. The van der Waals surface area contributed by atoms with Crippen LogP contribution in [0, 0.1) is 0 Å². The molecule has 0 spiro atoms. The molecule has 2 unspecified atom stereocenters. The van der Waals surface area contributed by atoms with Crippen LogP contribution in [0.3, 0.4) is 0 Å². The van der Waals surface area contributed by atoms with Crippen molar-refractivity contribution in [3.63, 3.8) is 0 Å². The molecule has 51 heavy (non-hydrogen) atoms. The van der Waals surface area contributed by atoms with Crippen LogP contribution in [-0.4, -0.2) is 67.3 Å². The Hall–Kier alpha value is -4.22. The van der Waals surface area contributed by atoms with Gasteiger partial charge in [-0.05, 0) is 6.42 Å². The van der Waals surface area contributed by atoms with E-state index in [1.165, 1.54) is 0 Å². The number of nitrogens with one attached hydrogen (secondary N) is 2. The van der Waals surface area contributed by atoms with Crippen LogP contribution in [0.4, 0.5) is 11.5 Å². The number of aromatic amines is 1. The molecule has 2 saturated heterocycles. The van der Waals surface area contributed by atoms with E-state index in [-0.39, 0.29) is 11.9 Å². The van der Waals surface area contributed by atoms with Gasteiger partial charge in [0.05, 0.1) is 11.0 Å². The van der Waals surface area contributed by atoms with E-state index in [2.05, 4.69) is 56.1 Å². The Morgan fingerprint density at radius 1 is 0.980 bits per heavy atom. The number of fused-ring (bicyclic) bond motifs is 1. The third kappa shape index (κ3) is 6.66. The molecule has 0 aliphatic carbocycles. The Bertz CT molecular complexity index is 2230. The van der Waals surface area contributed by atoms with Gasteiger partial charge in [-0.3, -0.25) is 0 Å². The maximum absolute atomic E-state index is 14.6. The van der Waals surface area contributed by atoms with E-state index in [0.29, 0.717) is 27.5 Å². The Balaban J connectivity index is 1.19. The molecule has 8 nitrogen and oxygen atoms in total. The summed E-state index contributed by atoms with van der Waals surface area (Å²) in [7, 11) is -0.879. The molecule has 0 radical (unpaired) electrons. The van der Waals surface area contributed by atoms with Crippen molar-refractivity contribution < 1.29 is 9.00 Å². The molecule has 0 bridgehead atoms. The van der Waals surface area contributed by atoms with E-state index < -0.39 is 11.0 Å². The van der Waals surface area contributed by atoms with E-state index >= 15 is 0 Å². The van der Waals surface area contributed by atoms with Gasteiger partial charge in [0.15, 0.2) is 0 Å². The molecule has 2 fully saturated rings. The number of H-pyrrole nitrogens is 1. The fourth-order valence-corrected chi connectivity index (χ4v) is 9.37. The normalized spacial score (nSPS) is 17.5. The van der Waals surface area contributed by atoms with E-state index in [1.807, 2.05) is 72.8 Å². The molecule has 6 aromatic rings. The van der Waals surface area contributed by atoms with Crippen LogP contribution in [0.25, 0.3) is 33.2 Å². The number of nitrogens with zero attached hydrogens (tertiary/aromatic N) is 4. The summed E-state index contributed by atoms with van der Waals surface area (Å²) in [4.78, 5) is 25.0. The number of halogens is 2. The quantitative estimate of drug-likeness (QED) is 0.164. The molecule has 3 aromatic heterocycles. The van der Waals surface area contributed by atoms with Crippen LogP contribution in [0.5, 0.6) is 0 Å². The molecule has 2 atom stereocenters. The van der Waals surface area contributed by atoms with Crippen molar-refractivity contribution in [3.05, 3.63) is 119 Å². The second kappa shape index (κ2) is 14.4. The van der Waals surface area contributed by atoms with Crippen LogP contribution in [0.1, 0.15) is 48.3 Å². The van der Waals surface area contributed by atoms with Gasteiger partial charge in [0.2, 0.25) is 0 Å². The zero-order valence-electron chi connectivity index (χ0n) is 28.2. The number of amides is 1. The summed E-state index contributed by atoms with van der Waals surface area (Å²) in [6, 6.07) is 27.8. The van der Waals surface area contributed by atoms with Gasteiger partial charge in [-0.15, -0.1) is 0 Å². The van der Waals surface area contributed by atoms with Crippen molar-refractivity contribution in [3.8, 4) is 22.3 Å². The molecule has 8 rings (SSSR count). The second-order valence-corrected chi connectivity index (χ2v) is 15.6. The fourth-order valence-electron chi connectivity index (χ4n) is 7.58. The summed E-state index contributed by atoms with van der Waals surface area (Å²) in [5, 5.41) is 5.37. The van der Waals surface area contributed by atoms with Crippen molar-refractivity contribution in [2.24, 2.45) is 0 Å². The van der Waals surface area contributed by atoms with Crippen molar-refractivity contribution >= 4 is 69.4 Å². The summed E-state index contributed by atoms with van der Waals surface area (Å²) in [5.74, 6) is 1.22. The van der Waals surface area contributed by atoms with Crippen molar-refractivity contribution in [2.75, 3.05) is 35.6 Å². The minimum absolute atomic E-state index is 0.0752. The van der Waals surface area contributed by atoms with Gasteiger partial charge in [-0.2, -0.15) is 0 Å². The molecular weight excluding hydrogens is 698 g/mol. The SMILES string of the molecule is CC(c1ccc(Cl)cc1)n1cbc(-c2ccccc2)c1-c1c(C(=O)Nc2cccnc2N2CCC(N3CCCS3=O)CC2)[nH]c2cc(Cl)ccc12. The van der Waals surface area contributed by atoms with Crippen LogP contribution in [0.2, 0.25) is 10.0 Å². The Kier molecular flexibility index (Phi) is 9.59. The van der Waals surface area contributed by atoms with Gasteiger partial charge in [-0.25, -0.2) is 8.51 Å². The zero-order valence-corrected chi connectivity index (χ0v) is 30.5. The van der Waals surface area contributed by atoms with E-state index in [4.69, 9.17) is 28.2 Å². The molecule has 2 aliphatic rings. The molecule has 12 heteroatoms. The van der Waals surface area contributed by atoms with Gasteiger partial charge < -0.3 is 0 Å². The molecular formula is C39H37BCl2N6O2S. The fraction of sp³-hybridized carbons (Fsp3) is 0.256. The van der Waals surface area contributed by atoms with Gasteiger partial charge in [0.25, 0.3) is 0 Å². The number of carbonyl (C=O) groups excluding carboxylic acids is 1. The van der Waals surface area contributed by atoms with Crippen LogP contribution < -0.4 is 10.2 Å². The first kappa shape index (κ1) is 33.9. The number of hydrogen-bond acceptors (Lipinski definition) is 4. The number of piperidine rings is 1. The molecule has 2 aliphatic heterocycles. The van der Waals surface area contributed by atoms with E-state index in [0.717, 1.165) is 89.2 Å². The first-order valence-electron chi connectivity index (χ1n) is 17.4. The summed E-state index contributed by atoms with van der Waals surface area (Å²) in [5.41, 5.74) is 6.67. The van der Waals surface area contributed by atoms with E-state index in [9.17, 15) is 9.00 Å². The molecule has 3 aromatic carbocycles. The van der Waals surface area contributed by atoms with Gasteiger partial charge in [-0.1, -0.05) is 0 Å². The average molecular weight is 736 g/mol. The summed E-state index contributed by atoms with van der Waals surface area (Å²) in [6.45, 7) is 6.71. The summed E-state index contributed by atoms with van der Waals surface area (Å²) >= 11 is 12.8. The molecule has 2 N–H and O–H groups in total. The molecule has 1 amide bonds. The van der Waals surface area contributed by atoms with Gasteiger partial charge >= 0.3 is 274 Å². The molecule has 0 saturated carbocycles. The van der Waals surface area contributed by atoms with Crippen molar-refractivity contribution in [2.45, 2.75) is 38.3 Å². The maximum atomic E-state index is 14.6. The second-order valence-electron chi connectivity index (χ2n) is 13.2. The predicted octanol–water partition coefficient (Wildman–Crippen LogP) is 8.54. The van der Waals surface area contributed by atoms with Gasteiger partial charge in [0.1, 0.15) is 0 Å². The Morgan fingerprint density at radius 2 is 1.75 bits per heavy atom. The van der Waals surface area contributed by atoms with Crippen LogP contribution in [-0.2, 0) is 11.0 Å². The van der Waals surface area contributed by atoms with Crippen molar-refractivity contribution in [1.29, 1.82) is 0 Å². The number of benzene rings is 3. The Labute approximate surface area is 310 Å². The number of anilines is 2. The number of aromatic nitrogens is 3. The first-order chi connectivity index (χ1) is 24.9. The monoisotopic (exact) mass is 734 g/mol. The topological polar surface area (TPSA) is 86.3 Å². The first-order valence-corrected chi connectivity index (χ1v) is 19.4. The van der Waals surface area contributed by atoms with E-state index in [1.54, 1.807) is 6.20 Å². The Morgan fingerprint density at radius 3 is 2.49 bits per heavy atom. The zero-order chi connectivity index (χ0) is 35.1. The third-order valence-electron chi connectivity index (χ3n) is 10.2. The predicted molar refractivity (Wildman–Crippen MR) is 211 cm³/mol. The number of carbonyl (C=O) groups is 1. The van der Waals surface area contributed by atoms with Crippen LogP contribution >= 0.6 is 23.2 Å². The minimum atomic E-state index is -0.879. The number of rotatable bonds is 8. The average Bonchev–Trinajstić information content (AvgIpc) is 3.89. The molecule has 258 valence electrons. The van der Waals surface area contributed by atoms with Crippen LogP contribution in [0.15, 0.2) is 97.2 Å². The summed E-state index contributed by atoms with van der Waals surface area (Å²) in [6.07, 6.45) is 6.64. The van der Waals surface area contributed by atoms with Crippen molar-refractivity contribution in [1.82, 2.24) is 18.8 Å². The number of hydrogen-bond donors (Lipinski definition) is 2. The summed E-state index contributed by atoms with van der Waals surface area (Å²) < 4.78 is 16.9. The standard InChI is InChI=1S/C39H37BCl2N6O2S/c1-25(26-10-12-28(41)13-11-26)47-24-40-35(27-7-3-2-4-8-27)37(47)34-31-15-14-29(42)23-33(31)44-36(34)39(49)45-32-9-5-18-43-38(32)46-20-16-30(17-21-46)48-19-6-22-51(48)50/h2-5,7-15,18,23-25,30,44H,6,16-17,19-22H2,1H3,(H,45,49). The third-order valence-corrected chi connectivity index (χ3v) is 12.3. The van der Waals surface area contributed by atoms with Gasteiger partial charge in [0, 0.05) is 12.3 Å².